The summed E-state index contributed by atoms with van der Waals surface area (Å²) < 4.78 is 26.8. The van der Waals surface area contributed by atoms with Gasteiger partial charge in [-0.15, -0.1) is 0 Å². The van der Waals surface area contributed by atoms with E-state index in [9.17, 15) is 4.79 Å². The summed E-state index contributed by atoms with van der Waals surface area (Å²) in [5.74, 6) is 3.82. The van der Waals surface area contributed by atoms with Crippen molar-refractivity contribution < 1.29 is 28.5 Å². The van der Waals surface area contributed by atoms with E-state index in [2.05, 4.69) is 0 Å². The van der Waals surface area contributed by atoms with Gasteiger partial charge in [-0.25, -0.2) is 0 Å². The van der Waals surface area contributed by atoms with Gasteiger partial charge in [-0.3, -0.25) is 4.79 Å². The molecule has 3 rings (SSSR count). The molecule has 0 atom stereocenters. The molecule has 1 heterocycles. The summed E-state index contributed by atoms with van der Waals surface area (Å²) in [5.41, 5.74) is 1.54. The van der Waals surface area contributed by atoms with Gasteiger partial charge in [-0.05, 0) is 36.2 Å². The van der Waals surface area contributed by atoms with Gasteiger partial charge in [-0.2, -0.15) is 0 Å². The van der Waals surface area contributed by atoms with Crippen LogP contribution in [0.5, 0.6) is 28.7 Å². The first kappa shape index (κ1) is 20.6. The van der Waals surface area contributed by atoms with Gasteiger partial charge < -0.3 is 28.6 Å². The summed E-state index contributed by atoms with van der Waals surface area (Å²) in [5, 5.41) is 0. The van der Waals surface area contributed by atoms with Crippen molar-refractivity contribution in [3.63, 3.8) is 0 Å². The molecule has 0 saturated carbocycles. The monoisotopic (exact) mass is 400 g/mol. The minimum Gasteiger partial charge on any atom is -0.493 e. The second kappa shape index (κ2) is 8.94. The number of methoxy groups -OCH3 is 5. The quantitative estimate of drug-likeness (QED) is 0.711. The first-order valence-electron chi connectivity index (χ1n) is 9.22. The van der Waals surface area contributed by atoms with E-state index in [4.69, 9.17) is 23.7 Å². The molecule has 29 heavy (non-hydrogen) atoms. The van der Waals surface area contributed by atoms with Crippen LogP contribution in [-0.2, 0) is 0 Å². The van der Waals surface area contributed by atoms with Crippen molar-refractivity contribution >= 4 is 5.91 Å². The van der Waals surface area contributed by atoms with Crippen molar-refractivity contribution in [3.05, 3.63) is 47.4 Å². The Balaban J connectivity index is 1.81. The molecule has 1 aliphatic rings. The van der Waals surface area contributed by atoms with Gasteiger partial charge in [0, 0.05) is 24.6 Å². The Kier molecular flexibility index (Phi) is 6.36. The predicted molar refractivity (Wildman–Crippen MR) is 109 cm³/mol. The third-order valence-corrected chi connectivity index (χ3v) is 5.06. The van der Waals surface area contributed by atoms with Crippen molar-refractivity contribution in [2.75, 3.05) is 48.6 Å². The summed E-state index contributed by atoms with van der Waals surface area (Å²) in [6, 6.07) is 9.17. The number of benzene rings is 2. The van der Waals surface area contributed by atoms with Crippen LogP contribution < -0.4 is 23.7 Å². The van der Waals surface area contributed by atoms with Crippen LogP contribution in [0.4, 0.5) is 0 Å². The van der Waals surface area contributed by atoms with Crippen molar-refractivity contribution in [2.24, 2.45) is 0 Å². The SMILES string of the molecule is COc1ccc([C]2CCN(C(=O)c3cc(OC)c(OC)c(OC)c3)C2)cc1OC. The average molecular weight is 400 g/mol. The molecule has 1 radical (unpaired) electrons. The summed E-state index contributed by atoms with van der Waals surface area (Å²) in [6.07, 6.45) is 0.797. The van der Waals surface area contributed by atoms with Crippen LogP contribution in [0.3, 0.4) is 0 Å². The van der Waals surface area contributed by atoms with Crippen LogP contribution in [0.25, 0.3) is 0 Å². The molecule has 0 bridgehead atoms. The van der Waals surface area contributed by atoms with Gasteiger partial charge >= 0.3 is 0 Å². The Labute approximate surface area is 171 Å². The zero-order valence-electron chi connectivity index (χ0n) is 17.4. The summed E-state index contributed by atoms with van der Waals surface area (Å²) in [7, 11) is 7.82. The van der Waals surface area contributed by atoms with E-state index in [1.54, 1.807) is 26.4 Å². The number of amides is 1. The Morgan fingerprint density at radius 2 is 1.41 bits per heavy atom. The van der Waals surface area contributed by atoms with Gasteiger partial charge in [0.15, 0.2) is 23.0 Å². The molecule has 0 spiro atoms. The largest absolute Gasteiger partial charge is 0.493 e. The summed E-state index contributed by atoms with van der Waals surface area (Å²) >= 11 is 0. The fourth-order valence-electron chi connectivity index (χ4n) is 3.51. The lowest BCUT2D eigenvalue weighted by Crippen LogP contribution is -2.28. The van der Waals surface area contributed by atoms with E-state index >= 15 is 0 Å². The highest BCUT2D eigenvalue weighted by atomic mass is 16.5. The normalized spacial score (nSPS) is 13.9. The molecule has 0 aromatic heterocycles. The van der Waals surface area contributed by atoms with Crippen molar-refractivity contribution in [3.8, 4) is 28.7 Å². The van der Waals surface area contributed by atoms with Gasteiger partial charge in [0.1, 0.15) is 0 Å². The zero-order valence-corrected chi connectivity index (χ0v) is 17.4. The second-order valence-electron chi connectivity index (χ2n) is 6.56. The van der Waals surface area contributed by atoms with Gasteiger partial charge in [0.05, 0.1) is 35.5 Å². The molecule has 0 unspecified atom stereocenters. The third kappa shape index (κ3) is 4.04. The molecule has 0 N–H and O–H groups in total. The van der Waals surface area contributed by atoms with Gasteiger partial charge in [0.25, 0.3) is 5.91 Å². The molecule has 155 valence electrons. The second-order valence-corrected chi connectivity index (χ2v) is 6.56. The van der Waals surface area contributed by atoms with Crippen LogP contribution in [-0.4, -0.2) is 59.4 Å². The Hall–Kier alpha value is -3.09. The minimum absolute atomic E-state index is 0.0836. The van der Waals surface area contributed by atoms with Crippen molar-refractivity contribution in [1.82, 2.24) is 4.90 Å². The smallest absolute Gasteiger partial charge is 0.254 e. The lowest BCUT2D eigenvalue weighted by molar-refractivity contribution is 0.0794. The number of hydrogen-bond acceptors (Lipinski definition) is 6. The van der Waals surface area contributed by atoms with E-state index in [0.717, 1.165) is 12.0 Å². The molecular formula is C22H26NO6. The Morgan fingerprint density at radius 1 is 0.793 bits per heavy atom. The summed E-state index contributed by atoms with van der Waals surface area (Å²) in [4.78, 5) is 14.9. The first-order valence-corrected chi connectivity index (χ1v) is 9.22. The molecular weight excluding hydrogens is 374 g/mol. The molecule has 1 saturated heterocycles. The maximum Gasteiger partial charge on any atom is 0.254 e. The number of carbonyl (C=O) groups excluding carboxylic acids is 1. The molecule has 1 amide bonds. The fraction of sp³-hybridized carbons (Fsp3) is 0.364. The molecule has 2 aromatic carbocycles. The first-order chi connectivity index (χ1) is 14.1. The number of likely N-dealkylation sites (tertiary alicyclic amines) is 1. The van der Waals surface area contributed by atoms with Crippen LogP contribution in [0.1, 0.15) is 22.3 Å². The molecule has 2 aromatic rings. The topological polar surface area (TPSA) is 66.5 Å². The average Bonchev–Trinajstić information content (AvgIpc) is 3.27. The van der Waals surface area contributed by atoms with Gasteiger partial charge in [0.2, 0.25) is 5.75 Å². The number of carbonyl (C=O) groups is 1. The molecule has 1 fully saturated rings. The maximum absolute atomic E-state index is 13.1. The Morgan fingerprint density at radius 3 is 1.97 bits per heavy atom. The summed E-state index contributed by atoms with van der Waals surface area (Å²) in [6.45, 7) is 1.18. The van der Waals surface area contributed by atoms with Crippen LogP contribution in [0, 0.1) is 5.92 Å². The van der Waals surface area contributed by atoms with E-state index in [1.807, 2.05) is 23.1 Å². The van der Waals surface area contributed by atoms with E-state index < -0.39 is 0 Å². The van der Waals surface area contributed by atoms with Crippen molar-refractivity contribution in [2.45, 2.75) is 6.42 Å². The third-order valence-electron chi connectivity index (χ3n) is 5.06. The van der Waals surface area contributed by atoms with E-state index in [0.29, 0.717) is 47.4 Å². The Bertz CT molecular complexity index is 857. The maximum atomic E-state index is 13.1. The van der Waals surface area contributed by atoms with Crippen LogP contribution >= 0.6 is 0 Å². The number of hydrogen-bond donors (Lipinski definition) is 0. The van der Waals surface area contributed by atoms with E-state index in [-0.39, 0.29) is 5.91 Å². The standard InChI is InChI=1S/C22H26NO6/c1-25-17-7-6-14(10-18(17)26-2)15-8-9-23(13-15)22(24)16-11-19(27-3)21(29-5)20(12-16)28-4/h6-7,10-12H,8-9,13H2,1-5H3. The van der Waals surface area contributed by atoms with Gasteiger partial charge in [-0.1, -0.05) is 6.07 Å². The number of rotatable bonds is 7. The lowest BCUT2D eigenvalue weighted by atomic mass is 9.98. The number of ether oxygens (including phenoxy) is 5. The predicted octanol–water partition coefficient (Wildman–Crippen LogP) is 3.20. The highest BCUT2D eigenvalue weighted by Gasteiger charge is 2.30. The van der Waals surface area contributed by atoms with E-state index in [1.165, 1.54) is 27.2 Å². The highest BCUT2D eigenvalue weighted by molar-refractivity contribution is 5.96. The minimum atomic E-state index is -0.0836. The van der Waals surface area contributed by atoms with Crippen molar-refractivity contribution in [1.29, 1.82) is 0 Å². The highest BCUT2D eigenvalue weighted by Crippen LogP contribution is 2.39. The lowest BCUT2D eigenvalue weighted by Gasteiger charge is -2.19. The molecule has 7 nitrogen and oxygen atoms in total. The molecule has 0 aliphatic carbocycles. The zero-order chi connectivity index (χ0) is 21.0. The van der Waals surface area contributed by atoms with Crippen LogP contribution in [0.2, 0.25) is 0 Å². The molecule has 1 aliphatic heterocycles. The van der Waals surface area contributed by atoms with Crippen LogP contribution in [0.15, 0.2) is 30.3 Å². The molecule has 7 heteroatoms. The fourth-order valence-corrected chi connectivity index (χ4v) is 3.51. The number of nitrogens with zero attached hydrogens (tertiary/aromatic N) is 1.